The largest absolute Gasteiger partial charge is 0.384 e. The monoisotopic (exact) mass is 171 g/mol. The minimum Gasteiger partial charge on any atom is -0.384 e. The van der Waals surface area contributed by atoms with Gasteiger partial charge in [-0.05, 0) is 5.92 Å². The maximum atomic E-state index is 10.8. The maximum absolute atomic E-state index is 10.8. The molecule has 0 aliphatic rings. The van der Waals surface area contributed by atoms with Gasteiger partial charge in [0.2, 0.25) is 5.91 Å². The van der Waals surface area contributed by atoms with Gasteiger partial charge in [0.1, 0.15) is 0 Å². The first-order valence-corrected chi connectivity index (χ1v) is 3.98. The quantitative estimate of drug-likeness (QED) is 0.626. The van der Waals surface area contributed by atoms with Crippen molar-refractivity contribution in [3.8, 4) is 0 Å². The number of amides is 1. The molecule has 0 saturated heterocycles. The van der Waals surface area contributed by atoms with E-state index in [9.17, 15) is 4.79 Å². The van der Waals surface area contributed by atoms with Gasteiger partial charge in [-0.1, -0.05) is 20.4 Å². The zero-order valence-electron chi connectivity index (χ0n) is 7.96. The fourth-order valence-electron chi connectivity index (χ4n) is 1.06. The van der Waals surface area contributed by atoms with Gasteiger partial charge >= 0.3 is 0 Å². The van der Waals surface area contributed by atoms with Crippen molar-refractivity contribution < 1.29 is 9.53 Å². The molecule has 3 nitrogen and oxygen atoms in total. The van der Waals surface area contributed by atoms with Crippen molar-refractivity contribution in [3.05, 3.63) is 12.2 Å². The summed E-state index contributed by atoms with van der Waals surface area (Å²) < 4.78 is 4.97. The fraction of sp³-hybridized carbons (Fsp3) is 0.667. The minimum atomic E-state index is -0.439. The van der Waals surface area contributed by atoms with E-state index in [0.717, 1.165) is 0 Å². The molecular formula is C9H17NO2. The smallest absolute Gasteiger partial charge is 0.244 e. The standard InChI is InChI=1S/C9H17NO2/c1-6(2)8(5-12-4)7(3)9(10)11/h6,8H,3,5H2,1-2,4H3,(H2,10,11)/t8-/m0/s1. The highest BCUT2D eigenvalue weighted by Gasteiger charge is 2.19. The number of carbonyl (C=O) groups is 1. The summed E-state index contributed by atoms with van der Waals surface area (Å²) in [6.45, 7) is 8.16. The average molecular weight is 171 g/mol. The molecule has 0 aromatic carbocycles. The lowest BCUT2D eigenvalue weighted by Gasteiger charge is -2.20. The normalized spacial score (nSPS) is 13.0. The Hall–Kier alpha value is -0.830. The Labute approximate surface area is 73.6 Å². The molecule has 0 aliphatic heterocycles. The van der Waals surface area contributed by atoms with Gasteiger partial charge in [0.25, 0.3) is 0 Å². The highest BCUT2D eigenvalue weighted by atomic mass is 16.5. The van der Waals surface area contributed by atoms with E-state index in [1.807, 2.05) is 13.8 Å². The van der Waals surface area contributed by atoms with Crippen LogP contribution in [0.1, 0.15) is 13.8 Å². The average Bonchev–Trinajstić information content (AvgIpc) is 1.98. The Bertz CT molecular complexity index is 175. The zero-order chi connectivity index (χ0) is 9.72. The molecule has 0 heterocycles. The van der Waals surface area contributed by atoms with E-state index in [2.05, 4.69) is 6.58 Å². The first kappa shape index (κ1) is 11.2. The molecule has 0 saturated carbocycles. The SMILES string of the molecule is C=C(C(N)=O)[C@@H](COC)C(C)C. The maximum Gasteiger partial charge on any atom is 0.244 e. The number of rotatable bonds is 5. The van der Waals surface area contributed by atoms with E-state index in [1.54, 1.807) is 7.11 Å². The Morgan fingerprint density at radius 3 is 2.33 bits per heavy atom. The van der Waals surface area contributed by atoms with Gasteiger partial charge in [-0.2, -0.15) is 0 Å². The van der Waals surface area contributed by atoms with Crippen LogP contribution in [-0.2, 0) is 9.53 Å². The molecule has 0 aromatic heterocycles. The highest BCUT2D eigenvalue weighted by Crippen LogP contribution is 2.18. The van der Waals surface area contributed by atoms with E-state index in [0.29, 0.717) is 18.1 Å². The molecule has 0 rings (SSSR count). The second kappa shape index (κ2) is 4.93. The number of hydrogen-bond acceptors (Lipinski definition) is 2. The number of primary amides is 1. The molecule has 70 valence electrons. The molecule has 3 heteroatoms. The molecule has 0 spiro atoms. The van der Waals surface area contributed by atoms with Gasteiger partial charge < -0.3 is 10.5 Å². The van der Waals surface area contributed by atoms with E-state index in [1.165, 1.54) is 0 Å². The molecule has 1 amide bonds. The van der Waals surface area contributed by atoms with E-state index >= 15 is 0 Å². The predicted molar refractivity (Wildman–Crippen MR) is 48.5 cm³/mol. The lowest BCUT2D eigenvalue weighted by molar-refractivity contribution is -0.115. The third-order valence-electron chi connectivity index (χ3n) is 1.92. The number of carbonyl (C=O) groups excluding carboxylic acids is 1. The predicted octanol–water partition coefficient (Wildman–Crippen LogP) is 0.946. The van der Waals surface area contributed by atoms with Crippen LogP contribution in [0.15, 0.2) is 12.2 Å². The summed E-state index contributed by atoms with van der Waals surface area (Å²) in [4.78, 5) is 10.8. The minimum absolute atomic E-state index is 0.0347. The van der Waals surface area contributed by atoms with Gasteiger partial charge in [-0.25, -0.2) is 0 Å². The van der Waals surface area contributed by atoms with Crippen LogP contribution in [0, 0.1) is 11.8 Å². The van der Waals surface area contributed by atoms with Crippen LogP contribution in [0.3, 0.4) is 0 Å². The number of nitrogens with two attached hydrogens (primary N) is 1. The van der Waals surface area contributed by atoms with Crippen LogP contribution in [-0.4, -0.2) is 19.6 Å². The summed E-state index contributed by atoms with van der Waals surface area (Å²) in [6.07, 6.45) is 0. The lowest BCUT2D eigenvalue weighted by atomic mass is 9.89. The Morgan fingerprint density at radius 1 is 1.58 bits per heavy atom. The van der Waals surface area contributed by atoms with Gasteiger partial charge in [0.05, 0.1) is 6.61 Å². The first-order valence-electron chi connectivity index (χ1n) is 3.98. The van der Waals surface area contributed by atoms with Crippen LogP contribution in [0.5, 0.6) is 0 Å². The van der Waals surface area contributed by atoms with Crippen molar-refractivity contribution in [1.82, 2.24) is 0 Å². The molecule has 0 aromatic rings. The van der Waals surface area contributed by atoms with Crippen LogP contribution in [0.25, 0.3) is 0 Å². The van der Waals surface area contributed by atoms with Gasteiger partial charge in [-0.3, -0.25) is 4.79 Å². The molecule has 0 bridgehead atoms. The number of methoxy groups -OCH3 is 1. The van der Waals surface area contributed by atoms with Crippen LogP contribution in [0.2, 0.25) is 0 Å². The summed E-state index contributed by atoms with van der Waals surface area (Å²) in [5, 5.41) is 0. The zero-order valence-corrected chi connectivity index (χ0v) is 7.96. The molecule has 0 fully saturated rings. The Morgan fingerprint density at radius 2 is 2.08 bits per heavy atom. The second-order valence-electron chi connectivity index (χ2n) is 3.20. The Kier molecular flexibility index (Phi) is 4.59. The van der Waals surface area contributed by atoms with Crippen LogP contribution in [0.4, 0.5) is 0 Å². The van der Waals surface area contributed by atoms with Crippen molar-refractivity contribution >= 4 is 5.91 Å². The molecule has 1 atom stereocenters. The summed E-state index contributed by atoms with van der Waals surface area (Å²) in [5.74, 6) is -0.0804. The van der Waals surface area contributed by atoms with E-state index < -0.39 is 5.91 Å². The molecule has 2 N–H and O–H groups in total. The summed E-state index contributed by atoms with van der Waals surface area (Å²) >= 11 is 0. The van der Waals surface area contributed by atoms with Gasteiger partial charge in [0.15, 0.2) is 0 Å². The van der Waals surface area contributed by atoms with Crippen molar-refractivity contribution in [2.45, 2.75) is 13.8 Å². The molecular weight excluding hydrogens is 154 g/mol. The third-order valence-corrected chi connectivity index (χ3v) is 1.92. The third kappa shape index (κ3) is 3.05. The van der Waals surface area contributed by atoms with E-state index in [-0.39, 0.29) is 5.92 Å². The molecule has 0 radical (unpaired) electrons. The van der Waals surface area contributed by atoms with Crippen molar-refractivity contribution in [2.75, 3.05) is 13.7 Å². The van der Waals surface area contributed by atoms with E-state index in [4.69, 9.17) is 10.5 Å². The van der Waals surface area contributed by atoms with Crippen molar-refractivity contribution in [2.24, 2.45) is 17.6 Å². The van der Waals surface area contributed by atoms with Crippen LogP contribution >= 0.6 is 0 Å². The van der Waals surface area contributed by atoms with Crippen molar-refractivity contribution in [1.29, 1.82) is 0 Å². The molecule has 0 aliphatic carbocycles. The van der Waals surface area contributed by atoms with Gasteiger partial charge in [-0.15, -0.1) is 0 Å². The highest BCUT2D eigenvalue weighted by molar-refractivity contribution is 5.91. The Balaban J connectivity index is 4.29. The van der Waals surface area contributed by atoms with Crippen molar-refractivity contribution in [3.63, 3.8) is 0 Å². The topological polar surface area (TPSA) is 52.3 Å². The number of hydrogen-bond donors (Lipinski definition) is 1. The lowest BCUT2D eigenvalue weighted by Crippen LogP contribution is -2.26. The van der Waals surface area contributed by atoms with Gasteiger partial charge in [0, 0.05) is 18.6 Å². The number of ether oxygens (including phenoxy) is 1. The summed E-state index contributed by atoms with van der Waals surface area (Å²) in [5.41, 5.74) is 5.56. The summed E-state index contributed by atoms with van der Waals surface area (Å²) in [7, 11) is 1.60. The summed E-state index contributed by atoms with van der Waals surface area (Å²) in [6, 6.07) is 0. The molecule has 0 unspecified atom stereocenters. The fourth-order valence-corrected chi connectivity index (χ4v) is 1.06. The molecule has 12 heavy (non-hydrogen) atoms. The first-order chi connectivity index (χ1) is 5.50. The second-order valence-corrected chi connectivity index (χ2v) is 3.20. The van der Waals surface area contributed by atoms with Crippen LogP contribution < -0.4 is 5.73 Å².